The Morgan fingerprint density at radius 3 is 2.86 bits per heavy atom. The van der Waals surface area contributed by atoms with Gasteiger partial charge in [0.05, 0.1) is 5.02 Å². The molecule has 1 N–H and O–H groups in total. The lowest BCUT2D eigenvalue weighted by Crippen LogP contribution is -2.19. The number of aryl methyl sites for hydroxylation is 1. The molecule has 6 heteroatoms. The van der Waals surface area contributed by atoms with E-state index in [2.05, 4.69) is 29.4 Å². The van der Waals surface area contributed by atoms with Crippen LogP contribution in [0.5, 0.6) is 5.75 Å². The van der Waals surface area contributed by atoms with Crippen molar-refractivity contribution in [1.82, 2.24) is 20.1 Å². The van der Waals surface area contributed by atoms with Gasteiger partial charge in [0.1, 0.15) is 18.7 Å². The van der Waals surface area contributed by atoms with E-state index in [1.54, 1.807) is 6.33 Å². The number of nitrogens with zero attached hydrogens (tertiary/aromatic N) is 3. The Balaban J connectivity index is 2.05. The lowest BCUT2D eigenvalue weighted by molar-refractivity contribution is 0.287. The van der Waals surface area contributed by atoms with Gasteiger partial charge in [-0.1, -0.05) is 37.6 Å². The Morgan fingerprint density at radius 1 is 1.38 bits per heavy atom. The lowest BCUT2D eigenvalue weighted by Gasteiger charge is -2.14. The molecular weight excluding hydrogens is 288 g/mol. The highest BCUT2D eigenvalue weighted by molar-refractivity contribution is 6.32. The molecule has 1 heterocycles. The van der Waals surface area contributed by atoms with Gasteiger partial charge in [-0.25, -0.2) is 0 Å². The van der Waals surface area contributed by atoms with Crippen LogP contribution in [0, 0.1) is 5.92 Å². The van der Waals surface area contributed by atoms with Crippen molar-refractivity contribution in [2.24, 2.45) is 13.0 Å². The summed E-state index contributed by atoms with van der Waals surface area (Å²) in [6.07, 6.45) is 1.65. The zero-order valence-electron chi connectivity index (χ0n) is 12.6. The summed E-state index contributed by atoms with van der Waals surface area (Å²) in [6.45, 7) is 6.38. The molecule has 0 amide bonds. The maximum Gasteiger partial charge on any atom is 0.170 e. The first-order valence-electron chi connectivity index (χ1n) is 7.01. The standard InChI is InChI=1S/C15H21ClN4O/c1-11(2)7-17-8-12-5-4-6-13(16)15(12)21-9-14-19-18-10-20(14)3/h4-6,10-11,17H,7-9H2,1-3H3. The molecule has 1 aromatic carbocycles. The topological polar surface area (TPSA) is 52.0 Å². The molecule has 21 heavy (non-hydrogen) atoms. The van der Waals surface area contributed by atoms with Crippen molar-refractivity contribution >= 4 is 11.6 Å². The quantitative estimate of drug-likeness (QED) is 0.854. The third kappa shape index (κ3) is 4.44. The first-order valence-corrected chi connectivity index (χ1v) is 7.39. The second-order valence-electron chi connectivity index (χ2n) is 5.40. The van der Waals surface area contributed by atoms with E-state index in [1.165, 1.54) is 0 Å². The second-order valence-corrected chi connectivity index (χ2v) is 5.81. The zero-order chi connectivity index (χ0) is 15.2. The number of halogens is 1. The van der Waals surface area contributed by atoms with E-state index in [1.807, 2.05) is 29.8 Å². The van der Waals surface area contributed by atoms with Gasteiger partial charge in [-0.05, 0) is 18.5 Å². The maximum atomic E-state index is 6.26. The van der Waals surface area contributed by atoms with Crippen LogP contribution >= 0.6 is 11.6 Å². The first kappa shape index (κ1) is 15.8. The fourth-order valence-electron chi connectivity index (χ4n) is 1.92. The molecule has 2 rings (SSSR count). The van der Waals surface area contributed by atoms with E-state index < -0.39 is 0 Å². The minimum atomic E-state index is 0.345. The number of hydrogen-bond donors (Lipinski definition) is 1. The molecule has 0 atom stereocenters. The van der Waals surface area contributed by atoms with Crippen LogP contribution in [0.1, 0.15) is 25.2 Å². The predicted molar refractivity (Wildman–Crippen MR) is 83.3 cm³/mol. The third-order valence-corrected chi connectivity index (χ3v) is 3.36. The largest absolute Gasteiger partial charge is 0.484 e. The average Bonchev–Trinajstić information content (AvgIpc) is 2.83. The highest BCUT2D eigenvalue weighted by Gasteiger charge is 2.10. The van der Waals surface area contributed by atoms with Crippen molar-refractivity contribution in [3.05, 3.63) is 40.9 Å². The molecule has 0 aliphatic heterocycles. The summed E-state index contributed by atoms with van der Waals surface area (Å²) < 4.78 is 7.68. The van der Waals surface area contributed by atoms with Crippen molar-refractivity contribution in [1.29, 1.82) is 0 Å². The van der Waals surface area contributed by atoms with Crippen LogP contribution in [0.4, 0.5) is 0 Å². The molecule has 0 aliphatic carbocycles. The van der Waals surface area contributed by atoms with Gasteiger partial charge in [0.25, 0.3) is 0 Å². The summed E-state index contributed by atoms with van der Waals surface area (Å²) in [5.41, 5.74) is 1.05. The van der Waals surface area contributed by atoms with Gasteiger partial charge in [-0.15, -0.1) is 10.2 Å². The summed E-state index contributed by atoms with van der Waals surface area (Å²) in [6, 6.07) is 5.79. The van der Waals surface area contributed by atoms with Crippen molar-refractivity contribution in [3.8, 4) is 5.75 Å². The summed E-state index contributed by atoms with van der Waals surface area (Å²) in [4.78, 5) is 0. The lowest BCUT2D eigenvalue weighted by atomic mass is 10.2. The predicted octanol–water partition coefficient (Wildman–Crippen LogP) is 2.79. The van der Waals surface area contributed by atoms with Gasteiger partial charge in [0, 0.05) is 19.2 Å². The van der Waals surface area contributed by atoms with Crippen LogP contribution in [-0.4, -0.2) is 21.3 Å². The summed E-state index contributed by atoms with van der Waals surface area (Å²) in [5.74, 6) is 2.07. The highest BCUT2D eigenvalue weighted by atomic mass is 35.5. The Bertz CT molecular complexity index is 583. The molecule has 0 unspecified atom stereocenters. The molecule has 0 radical (unpaired) electrons. The number of ether oxygens (including phenoxy) is 1. The fraction of sp³-hybridized carbons (Fsp3) is 0.467. The molecule has 0 fully saturated rings. The number of benzene rings is 1. The molecule has 2 aromatic rings. The third-order valence-electron chi connectivity index (χ3n) is 3.07. The van der Waals surface area contributed by atoms with Gasteiger partial charge in [0.2, 0.25) is 0 Å². The average molecular weight is 309 g/mol. The molecule has 0 aliphatic rings. The summed E-state index contributed by atoms with van der Waals surface area (Å²) in [5, 5.41) is 11.9. The van der Waals surface area contributed by atoms with E-state index in [4.69, 9.17) is 16.3 Å². The van der Waals surface area contributed by atoms with Gasteiger partial charge in [0.15, 0.2) is 5.82 Å². The van der Waals surface area contributed by atoms with E-state index in [0.29, 0.717) is 23.3 Å². The number of para-hydroxylation sites is 1. The Hall–Kier alpha value is -1.59. The molecule has 1 aromatic heterocycles. The van der Waals surface area contributed by atoms with Crippen molar-refractivity contribution in [2.75, 3.05) is 6.54 Å². The van der Waals surface area contributed by atoms with Crippen LogP contribution in [-0.2, 0) is 20.2 Å². The van der Waals surface area contributed by atoms with Gasteiger partial charge >= 0.3 is 0 Å². The maximum absolute atomic E-state index is 6.26. The van der Waals surface area contributed by atoms with Gasteiger partial charge in [-0.3, -0.25) is 0 Å². The van der Waals surface area contributed by atoms with E-state index in [9.17, 15) is 0 Å². The van der Waals surface area contributed by atoms with E-state index in [0.717, 1.165) is 24.5 Å². The zero-order valence-corrected chi connectivity index (χ0v) is 13.4. The molecule has 0 bridgehead atoms. The van der Waals surface area contributed by atoms with Crippen LogP contribution in [0.25, 0.3) is 0 Å². The first-order chi connectivity index (χ1) is 10.1. The highest BCUT2D eigenvalue weighted by Crippen LogP contribution is 2.29. The summed E-state index contributed by atoms with van der Waals surface area (Å²) in [7, 11) is 1.89. The van der Waals surface area contributed by atoms with Crippen molar-refractivity contribution in [2.45, 2.75) is 27.0 Å². The second kappa shape index (κ2) is 7.43. The van der Waals surface area contributed by atoms with Crippen LogP contribution < -0.4 is 10.1 Å². The number of nitrogens with one attached hydrogen (secondary N) is 1. The smallest absolute Gasteiger partial charge is 0.170 e. The van der Waals surface area contributed by atoms with Gasteiger partial charge < -0.3 is 14.6 Å². The molecule has 0 saturated heterocycles. The summed E-state index contributed by atoms with van der Waals surface area (Å²) >= 11 is 6.26. The van der Waals surface area contributed by atoms with Crippen molar-refractivity contribution in [3.63, 3.8) is 0 Å². The minimum Gasteiger partial charge on any atom is -0.484 e. The van der Waals surface area contributed by atoms with Crippen LogP contribution in [0.2, 0.25) is 5.02 Å². The Morgan fingerprint density at radius 2 is 2.19 bits per heavy atom. The van der Waals surface area contributed by atoms with Crippen LogP contribution in [0.3, 0.4) is 0 Å². The van der Waals surface area contributed by atoms with E-state index >= 15 is 0 Å². The minimum absolute atomic E-state index is 0.345. The number of rotatable bonds is 7. The SMILES string of the molecule is CC(C)CNCc1cccc(Cl)c1OCc1nncn1C. The monoisotopic (exact) mass is 308 g/mol. The van der Waals surface area contributed by atoms with E-state index in [-0.39, 0.29) is 0 Å². The number of hydrogen-bond acceptors (Lipinski definition) is 4. The van der Waals surface area contributed by atoms with Crippen molar-refractivity contribution < 1.29 is 4.74 Å². The van der Waals surface area contributed by atoms with Gasteiger partial charge in [-0.2, -0.15) is 0 Å². The molecule has 0 spiro atoms. The molecule has 114 valence electrons. The molecule has 5 nitrogen and oxygen atoms in total. The molecular formula is C15H21ClN4O. The fourth-order valence-corrected chi connectivity index (χ4v) is 2.17. The number of aromatic nitrogens is 3. The molecule has 0 saturated carbocycles. The Kier molecular flexibility index (Phi) is 5.59. The normalized spacial score (nSPS) is 11.1. The van der Waals surface area contributed by atoms with Crippen LogP contribution in [0.15, 0.2) is 24.5 Å². The Labute approximate surface area is 130 Å².